The largest absolute Gasteiger partial charge is 0.236 e. The van der Waals surface area contributed by atoms with Crippen LogP contribution >= 0.6 is 34.3 Å². The smallest absolute Gasteiger partial charge is 0.140 e. The number of aryl methyl sites for hydroxylation is 1. The molecule has 6 aromatic rings. The lowest BCUT2D eigenvalue weighted by Gasteiger charge is -2.03. The van der Waals surface area contributed by atoms with Crippen LogP contribution in [0.25, 0.3) is 37.8 Å². The minimum Gasteiger partial charge on any atom is -0.236 e. The van der Waals surface area contributed by atoms with E-state index in [1.165, 1.54) is 0 Å². The van der Waals surface area contributed by atoms with Gasteiger partial charge in [-0.1, -0.05) is 54.1 Å². The Morgan fingerprint density at radius 1 is 0.788 bits per heavy atom. The normalized spacial score (nSPS) is 11.3. The highest BCUT2D eigenvalue weighted by atomic mass is 35.5. The van der Waals surface area contributed by atoms with E-state index in [0.717, 1.165) is 53.0 Å². The molecule has 0 unspecified atom stereocenters. The SMILES string of the molecule is Cc1nn(-c2ccccc2)c(Cl)c1C=C(c1nc2ccccc2s1)c1nc2ccccc2s1. The van der Waals surface area contributed by atoms with Crippen molar-refractivity contribution in [2.24, 2.45) is 0 Å². The number of fused-ring (bicyclic) bond motifs is 2. The lowest BCUT2D eigenvalue weighted by atomic mass is 10.1. The fourth-order valence-electron chi connectivity index (χ4n) is 3.75. The minimum atomic E-state index is 0.568. The fourth-order valence-corrected chi connectivity index (χ4v) is 6.11. The van der Waals surface area contributed by atoms with Gasteiger partial charge in [-0.15, -0.1) is 22.7 Å². The summed E-state index contributed by atoms with van der Waals surface area (Å²) in [6.07, 6.45) is 2.08. The van der Waals surface area contributed by atoms with E-state index in [9.17, 15) is 0 Å². The summed E-state index contributed by atoms with van der Waals surface area (Å²) in [6, 6.07) is 26.3. The third kappa shape index (κ3) is 3.66. The van der Waals surface area contributed by atoms with Crippen molar-refractivity contribution in [2.45, 2.75) is 6.92 Å². The molecule has 0 radical (unpaired) electrons. The van der Waals surface area contributed by atoms with Crippen LogP contribution in [0.4, 0.5) is 0 Å². The van der Waals surface area contributed by atoms with E-state index in [0.29, 0.717) is 5.15 Å². The van der Waals surface area contributed by atoms with Crippen LogP contribution in [-0.2, 0) is 0 Å². The van der Waals surface area contributed by atoms with Crippen LogP contribution in [0.5, 0.6) is 0 Å². The molecule has 0 saturated carbocycles. The molecule has 3 aromatic heterocycles. The van der Waals surface area contributed by atoms with Crippen molar-refractivity contribution in [3.8, 4) is 5.69 Å². The van der Waals surface area contributed by atoms with Crippen LogP contribution in [0, 0.1) is 6.92 Å². The first kappa shape index (κ1) is 20.3. The quantitative estimate of drug-likeness (QED) is 0.258. The first-order chi connectivity index (χ1) is 16.2. The summed E-state index contributed by atoms with van der Waals surface area (Å²) >= 11 is 10.2. The second kappa shape index (κ2) is 8.23. The molecular formula is C26H17ClN4S2. The van der Waals surface area contributed by atoms with Crippen molar-refractivity contribution in [1.29, 1.82) is 0 Å². The van der Waals surface area contributed by atoms with Crippen LogP contribution < -0.4 is 0 Å². The molecule has 0 amide bonds. The summed E-state index contributed by atoms with van der Waals surface area (Å²) in [4.78, 5) is 9.85. The van der Waals surface area contributed by atoms with Crippen molar-refractivity contribution >= 4 is 66.4 Å². The molecule has 7 heteroatoms. The van der Waals surface area contributed by atoms with Gasteiger partial charge >= 0.3 is 0 Å². The molecule has 0 atom stereocenters. The monoisotopic (exact) mass is 484 g/mol. The molecule has 0 bridgehead atoms. The van der Waals surface area contributed by atoms with E-state index < -0.39 is 0 Å². The Morgan fingerprint density at radius 2 is 1.33 bits per heavy atom. The van der Waals surface area contributed by atoms with Crippen molar-refractivity contribution in [1.82, 2.24) is 19.7 Å². The zero-order valence-corrected chi connectivity index (χ0v) is 20.0. The number of hydrogen-bond donors (Lipinski definition) is 0. The Kier molecular flexibility index (Phi) is 5.06. The van der Waals surface area contributed by atoms with Crippen LogP contribution in [0.2, 0.25) is 5.15 Å². The third-order valence-electron chi connectivity index (χ3n) is 5.39. The van der Waals surface area contributed by atoms with E-state index in [-0.39, 0.29) is 0 Å². The van der Waals surface area contributed by atoms with Gasteiger partial charge < -0.3 is 0 Å². The highest BCUT2D eigenvalue weighted by Gasteiger charge is 2.19. The molecule has 0 saturated heterocycles. The second-order valence-corrected chi connectivity index (χ2v) is 9.99. The fraction of sp³-hybridized carbons (Fsp3) is 0.0385. The first-order valence-corrected chi connectivity index (χ1v) is 12.4. The standard InChI is InChI=1S/C26H17ClN4S2/c1-16-18(24(27)31(30-16)17-9-3-2-4-10-17)15-19(25-28-20-11-5-7-13-22(20)32-25)26-29-21-12-6-8-14-23(21)33-26/h2-15H,1H3. The Hall–Kier alpha value is -3.32. The highest BCUT2D eigenvalue weighted by molar-refractivity contribution is 7.22. The molecule has 3 heterocycles. The van der Waals surface area contributed by atoms with Crippen molar-refractivity contribution in [3.05, 3.63) is 105 Å². The zero-order valence-electron chi connectivity index (χ0n) is 17.6. The van der Waals surface area contributed by atoms with Crippen molar-refractivity contribution in [2.75, 3.05) is 0 Å². The van der Waals surface area contributed by atoms with Gasteiger partial charge in [-0.2, -0.15) is 5.10 Å². The number of benzene rings is 3. The number of thiazole rings is 2. The van der Waals surface area contributed by atoms with E-state index in [1.807, 2.05) is 73.7 Å². The summed E-state index contributed by atoms with van der Waals surface area (Å²) < 4.78 is 4.06. The number of nitrogens with zero attached hydrogens (tertiary/aromatic N) is 4. The number of para-hydroxylation sites is 3. The van der Waals surface area contributed by atoms with Gasteiger partial charge in [0.25, 0.3) is 0 Å². The maximum absolute atomic E-state index is 6.86. The molecular weight excluding hydrogens is 468 g/mol. The lowest BCUT2D eigenvalue weighted by molar-refractivity contribution is 0.863. The number of hydrogen-bond acceptors (Lipinski definition) is 5. The summed E-state index contributed by atoms with van der Waals surface area (Å²) in [5.41, 5.74) is 5.55. The van der Waals surface area contributed by atoms with Crippen LogP contribution in [0.3, 0.4) is 0 Å². The molecule has 0 aliphatic rings. The molecule has 0 N–H and O–H groups in total. The van der Waals surface area contributed by atoms with Gasteiger partial charge in [0.2, 0.25) is 0 Å². The molecule has 0 spiro atoms. The average Bonchev–Trinajstić information content (AvgIpc) is 3.53. The Bertz CT molecular complexity index is 1500. The Balaban J connectivity index is 1.57. The molecule has 33 heavy (non-hydrogen) atoms. The minimum absolute atomic E-state index is 0.568. The zero-order chi connectivity index (χ0) is 22.4. The van der Waals surface area contributed by atoms with Gasteiger partial charge in [-0.05, 0) is 49.4 Å². The van der Waals surface area contributed by atoms with E-state index in [1.54, 1.807) is 27.4 Å². The second-order valence-electron chi connectivity index (χ2n) is 7.57. The molecule has 0 aliphatic heterocycles. The molecule has 0 fully saturated rings. The topological polar surface area (TPSA) is 43.6 Å². The van der Waals surface area contributed by atoms with Gasteiger partial charge in [0.15, 0.2) is 0 Å². The Morgan fingerprint density at radius 3 is 1.91 bits per heavy atom. The predicted octanol–water partition coefficient (Wildman–Crippen LogP) is 7.64. The first-order valence-electron chi connectivity index (χ1n) is 10.4. The van der Waals surface area contributed by atoms with Gasteiger partial charge in [0.05, 0.1) is 31.8 Å². The maximum atomic E-state index is 6.86. The molecule has 0 aliphatic carbocycles. The van der Waals surface area contributed by atoms with E-state index in [4.69, 9.17) is 26.7 Å². The van der Waals surface area contributed by atoms with Crippen molar-refractivity contribution in [3.63, 3.8) is 0 Å². The van der Waals surface area contributed by atoms with Crippen molar-refractivity contribution < 1.29 is 0 Å². The van der Waals surface area contributed by atoms with Gasteiger partial charge in [-0.25, -0.2) is 14.6 Å². The van der Waals surface area contributed by atoms with Gasteiger partial charge in [-0.3, -0.25) is 0 Å². The van der Waals surface area contributed by atoms with E-state index >= 15 is 0 Å². The predicted molar refractivity (Wildman–Crippen MR) is 140 cm³/mol. The molecule has 6 rings (SSSR count). The average molecular weight is 485 g/mol. The number of aromatic nitrogens is 4. The van der Waals surface area contributed by atoms with Gasteiger partial charge in [0, 0.05) is 11.1 Å². The van der Waals surface area contributed by atoms with E-state index in [2.05, 4.69) is 18.2 Å². The number of rotatable bonds is 4. The summed E-state index contributed by atoms with van der Waals surface area (Å²) in [5, 5.41) is 7.11. The Labute approximate surface area is 203 Å². The number of halogens is 1. The molecule has 4 nitrogen and oxygen atoms in total. The van der Waals surface area contributed by atoms with Crippen LogP contribution in [0.15, 0.2) is 78.9 Å². The molecule has 160 valence electrons. The van der Waals surface area contributed by atoms with Gasteiger partial charge in [0.1, 0.15) is 15.2 Å². The maximum Gasteiger partial charge on any atom is 0.140 e. The highest BCUT2D eigenvalue weighted by Crippen LogP contribution is 2.38. The summed E-state index contributed by atoms with van der Waals surface area (Å²) in [6.45, 7) is 1.98. The van der Waals surface area contributed by atoms with Crippen LogP contribution in [-0.4, -0.2) is 19.7 Å². The van der Waals surface area contributed by atoms with Crippen LogP contribution in [0.1, 0.15) is 21.3 Å². The third-order valence-corrected chi connectivity index (χ3v) is 7.89. The molecule has 3 aromatic carbocycles. The summed E-state index contributed by atoms with van der Waals surface area (Å²) in [5.74, 6) is 0. The lowest BCUT2D eigenvalue weighted by Crippen LogP contribution is -1.95. The summed E-state index contributed by atoms with van der Waals surface area (Å²) in [7, 11) is 0.